The predicted octanol–water partition coefficient (Wildman–Crippen LogP) is 2.80. The lowest BCUT2D eigenvalue weighted by Gasteiger charge is -2.39. The number of hydrogen-bond donors (Lipinski definition) is 0. The van der Waals surface area contributed by atoms with Gasteiger partial charge < -0.3 is 9.64 Å². The smallest absolute Gasteiger partial charge is 0.377 e. The molecular weight excluding hydrogens is 475 g/mol. The largest absolute Gasteiger partial charge is 0.407 e. The molecule has 0 saturated carbocycles. The quantitative estimate of drug-likeness (QED) is 0.611. The van der Waals surface area contributed by atoms with Crippen LogP contribution in [-0.4, -0.2) is 81.2 Å². The van der Waals surface area contributed by atoms with Crippen LogP contribution in [0.5, 0.6) is 0 Å². The molecule has 3 aliphatic heterocycles. The molecule has 1 amide bonds. The SMILES string of the molecule is C[C@@H]1COC[C@H](C)N1C(=O)C1=CC2C(C=N1)C(c1cnc3ccc(F)cn13)=NN2CC(F)(F)F.F. The zero-order valence-electron chi connectivity index (χ0n) is 18.8. The van der Waals surface area contributed by atoms with E-state index in [1.165, 1.54) is 41.2 Å². The van der Waals surface area contributed by atoms with Crippen LogP contribution < -0.4 is 0 Å². The molecule has 0 aromatic carbocycles. The minimum Gasteiger partial charge on any atom is -0.377 e. The summed E-state index contributed by atoms with van der Waals surface area (Å²) < 4.78 is 60.9. The summed E-state index contributed by atoms with van der Waals surface area (Å²) in [6.07, 6.45) is 1.01. The van der Waals surface area contributed by atoms with Gasteiger partial charge in [0, 0.05) is 12.4 Å². The lowest BCUT2D eigenvalue weighted by Crippen LogP contribution is -2.53. The molecule has 1 saturated heterocycles. The van der Waals surface area contributed by atoms with Gasteiger partial charge in [-0.15, -0.1) is 0 Å². The van der Waals surface area contributed by atoms with Gasteiger partial charge in [-0.1, -0.05) is 0 Å². The monoisotopic (exact) mass is 498 g/mol. The molecule has 0 N–H and O–H groups in total. The summed E-state index contributed by atoms with van der Waals surface area (Å²) in [6.45, 7) is 3.13. The van der Waals surface area contributed by atoms with Gasteiger partial charge in [-0.3, -0.25) is 23.9 Å². The number of rotatable bonds is 3. The van der Waals surface area contributed by atoms with Gasteiger partial charge in [-0.25, -0.2) is 9.37 Å². The first kappa shape index (κ1) is 24.8. The van der Waals surface area contributed by atoms with Gasteiger partial charge in [0.05, 0.1) is 54.9 Å². The second-order valence-electron chi connectivity index (χ2n) is 8.71. The maximum atomic E-state index is 13.9. The topological polar surface area (TPSA) is 74.8 Å². The van der Waals surface area contributed by atoms with Crippen LogP contribution in [0.15, 0.2) is 46.4 Å². The molecule has 4 atom stereocenters. The Morgan fingerprint density at radius 1 is 1.20 bits per heavy atom. The summed E-state index contributed by atoms with van der Waals surface area (Å²) in [6, 6.07) is 1.45. The van der Waals surface area contributed by atoms with E-state index in [4.69, 9.17) is 4.74 Å². The van der Waals surface area contributed by atoms with Gasteiger partial charge in [-0.2, -0.15) is 18.3 Å². The van der Waals surface area contributed by atoms with E-state index in [9.17, 15) is 22.4 Å². The third-order valence-corrected chi connectivity index (χ3v) is 6.16. The molecule has 2 aromatic heterocycles. The Bertz CT molecular complexity index is 1210. The molecule has 0 spiro atoms. The number of halogens is 5. The van der Waals surface area contributed by atoms with Crippen molar-refractivity contribution in [3.05, 3.63) is 47.8 Å². The fraction of sp³-hybridized carbons (Fsp3) is 0.455. The van der Waals surface area contributed by atoms with Gasteiger partial charge in [0.1, 0.15) is 23.7 Å². The Morgan fingerprint density at radius 3 is 2.60 bits per heavy atom. The molecule has 5 rings (SSSR count). The summed E-state index contributed by atoms with van der Waals surface area (Å²) in [5.41, 5.74) is 1.13. The van der Waals surface area contributed by atoms with E-state index in [1.54, 1.807) is 4.90 Å². The van der Waals surface area contributed by atoms with E-state index < -0.39 is 30.5 Å². The number of imidazole rings is 1. The summed E-state index contributed by atoms with van der Waals surface area (Å²) in [5.74, 6) is -1.55. The zero-order chi connectivity index (χ0) is 24.2. The minimum atomic E-state index is -4.52. The normalized spacial score (nSPS) is 26.3. The third kappa shape index (κ3) is 4.51. The average Bonchev–Trinajstić information content (AvgIpc) is 3.33. The first-order valence-corrected chi connectivity index (χ1v) is 10.8. The third-order valence-electron chi connectivity index (χ3n) is 6.16. The Hall–Kier alpha value is -3.35. The highest BCUT2D eigenvalue weighted by atomic mass is 19.4. The molecule has 2 unspecified atom stereocenters. The van der Waals surface area contributed by atoms with Gasteiger partial charge >= 0.3 is 6.18 Å². The molecular formula is C22H23F5N6O2. The predicted molar refractivity (Wildman–Crippen MR) is 117 cm³/mol. The molecule has 13 heteroatoms. The average molecular weight is 498 g/mol. The Kier molecular flexibility index (Phi) is 6.38. The summed E-state index contributed by atoms with van der Waals surface area (Å²) >= 11 is 0. The molecule has 0 bridgehead atoms. The van der Waals surface area contributed by atoms with Crippen molar-refractivity contribution >= 4 is 23.5 Å². The lowest BCUT2D eigenvalue weighted by molar-refractivity contribution is -0.148. The number of aromatic nitrogens is 2. The molecule has 8 nitrogen and oxygen atoms in total. The Balaban J connectivity index is 0.00000289. The number of ether oxygens (including phenoxy) is 1. The van der Waals surface area contributed by atoms with Gasteiger partial charge in [0.25, 0.3) is 5.91 Å². The van der Waals surface area contributed by atoms with Crippen molar-refractivity contribution in [2.75, 3.05) is 19.8 Å². The number of alkyl halides is 3. The van der Waals surface area contributed by atoms with E-state index in [1.807, 2.05) is 13.8 Å². The van der Waals surface area contributed by atoms with Crippen LogP contribution in [0, 0.1) is 11.7 Å². The van der Waals surface area contributed by atoms with Gasteiger partial charge in [0.2, 0.25) is 0 Å². The highest BCUT2D eigenvalue weighted by Gasteiger charge is 2.44. The Morgan fingerprint density at radius 2 is 1.91 bits per heavy atom. The van der Waals surface area contributed by atoms with E-state index in [2.05, 4.69) is 15.1 Å². The number of carbonyl (C=O) groups is 1. The van der Waals surface area contributed by atoms with Gasteiger partial charge in [0.15, 0.2) is 0 Å². The van der Waals surface area contributed by atoms with Crippen LogP contribution in [0.1, 0.15) is 19.5 Å². The highest BCUT2D eigenvalue weighted by molar-refractivity contribution is 6.12. The zero-order valence-corrected chi connectivity index (χ0v) is 18.8. The molecule has 188 valence electrons. The van der Waals surface area contributed by atoms with E-state index in [-0.39, 0.29) is 34.1 Å². The maximum absolute atomic E-state index is 13.9. The van der Waals surface area contributed by atoms with Crippen LogP contribution in [-0.2, 0) is 9.53 Å². The number of pyridine rings is 1. The first-order chi connectivity index (χ1) is 16.1. The fourth-order valence-corrected chi connectivity index (χ4v) is 4.69. The van der Waals surface area contributed by atoms with Crippen LogP contribution in [0.25, 0.3) is 5.65 Å². The molecule has 35 heavy (non-hydrogen) atoms. The first-order valence-electron chi connectivity index (χ1n) is 10.8. The van der Waals surface area contributed by atoms with Crippen molar-refractivity contribution in [2.24, 2.45) is 16.0 Å². The fourth-order valence-electron chi connectivity index (χ4n) is 4.69. The van der Waals surface area contributed by atoms with Crippen molar-refractivity contribution in [1.82, 2.24) is 19.3 Å². The summed E-state index contributed by atoms with van der Waals surface area (Å²) in [7, 11) is 0. The molecule has 5 heterocycles. The number of amides is 1. The number of aliphatic imine (C=N–C) groups is 1. The maximum Gasteiger partial charge on any atom is 0.407 e. The van der Waals surface area contributed by atoms with E-state index in [0.29, 0.717) is 24.6 Å². The number of hydrazone groups is 1. The molecule has 0 aliphatic carbocycles. The van der Waals surface area contributed by atoms with Crippen molar-refractivity contribution in [3.63, 3.8) is 0 Å². The van der Waals surface area contributed by atoms with Crippen molar-refractivity contribution in [2.45, 2.75) is 38.1 Å². The second-order valence-corrected chi connectivity index (χ2v) is 8.71. The Labute approximate surface area is 196 Å². The molecule has 3 aliphatic rings. The minimum absolute atomic E-state index is 0. The summed E-state index contributed by atoms with van der Waals surface area (Å²) in [5, 5.41) is 5.15. The molecule has 0 radical (unpaired) electrons. The van der Waals surface area contributed by atoms with Crippen LogP contribution in [0.2, 0.25) is 0 Å². The van der Waals surface area contributed by atoms with Crippen LogP contribution >= 0.6 is 0 Å². The number of carbonyl (C=O) groups excluding carboxylic acids is 1. The lowest BCUT2D eigenvalue weighted by atomic mass is 9.92. The van der Waals surface area contributed by atoms with Crippen LogP contribution in [0.4, 0.5) is 22.3 Å². The van der Waals surface area contributed by atoms with Crippen molar-refractivity contribution < 1.29 is 31.8 Å². The standard InChI is InChI=1S/C22H22F4N6O2.FH/c1-12-9-34-10-13(2)32(12)21(33)16-5-17-15(6-27-16)20(29-31(17)11-22(24,25)26)18-7-28-19-4-3-14(23)8-30(18)19;/h3-8,12-13,15,17H,9-11H2,1-2H3;1H/t12-,13+,15?,17?;. The van der Waals surface area contributed by atoms with Crippen LogP contribution in [0.3, 0.4) is 0 Å². The van der Waals surface area contributed by atoms with Crippen molar-refractivity contribution in [1.29, 1.82) is 0 Å². The second kappa shape index (κ2) is 9.02. The number of hydrogen-bond acceptors (Lipinski definition) is 6. The number of morpholine rings is 1. The molecule has 1 fully saturated rings. The molecule has 2 aromatic rings. The number of nitrogens with zero attached hydrogens (tertiary/aromatic N) is 6. The van der Waals surface area contributed by atoms with E-state index >= 15 is 0 Å². The van der Waals surface area contributed by atoms with Crippen molar-refractivity contribution in [3.8, 4) is 0 Å². The van der Waals surface area contributed by atoms with Gasteiger partial charge in [-0.05, 0) is 32.1 Å². The van der Waals surface area contributed by atoms with E-state index in [0.717, 1.165) is 5.01 Å². The number of fused-ring (bicyclic) bond motifs is 2. The highest BCUT2D eigenvalue weighted by Crippen LogP contribution is 2.33. The summed E-state index contributed by atoms with van der Waals surface area (Å²) in [4.78, 5) is 23.4.